The summed E-state index contributed by atoms with van der Waals surface area (Å²) < 4.78 is 18.4. The Balaban J connectivity index is 1.61. The molecule has 1 aromatic heterocycles. The van der Waals surface area contributed by atoms with E-state index in [1.165, 1.54) is 36.0 Å². The molecule has 26 heavy (non-hydrogen) atoms. The minimum atomic E-state index is -0.446. The van der Waals surface area contributed by atoms with Crippen molar-refractivity contribution >= 4 is 34.3 Å². The Morgan fingerprint density at radius 3 is 2.85 bits per heavy atom. The monoisotopic (exact) mass is 372 g/mol. The van der Waals surface area contributed by atoms with Crippen LogP contribution in [0.2, 0.25) is 0 Å². The number of thioether (sulfide) groups is 1. The number of rotatable bonds is 6. The van der Waals surface area contributed by atoms with E-state index in [-0.39, 0.29) is 17.1 Å². The summed E-state index contributed by atoms with van der Waals surface area (Å²) in [6, 6.07) is 12.7. The van der Waals surface area contributed by atoms with Gasteiger partial charge < -0.3 is 15.0 Å². The first-order valence-electron chi connectivity index (χ1n) is 7.89. The second-order valence-corrected chi connectivity index (χ2v) is 6.58. The number of ether oxygens (including phenoxy) is 1. The van der Waals surface area contributed by atoms with Crippen LogP contribution in [0.1, 0.15) is 5.69 Å². The van der Waals surface area contributed by atoms with E-state index in [4.69, 9.17) is 4.74 Å². The quantitative estimate of drug-likeness (QED) is 0.694. The van der Waals surface area contributed by atoms with Crippen molar-refractivity contribution in [1.29, 1.82) is 0 Å². The largest absolute Gasteiger partial charge is 0.495 e. The summed E-state index contributed by atoms with van der Waals surface area (Å²) in [5, 5.41) is 3.11. The van der Waals surface area contributed by atoms with Gasteiger partial charge in [-0.1, -0.05) is 12.1 Å². The fraction of sp³-hybridized carbons (Fsp3) is 0.158. The molecule has 1 heterocycles. The molecule has 0 radical (unpaired) electrons. The first-order chi connectivity index (χ1) is 12.6. The van der Waals surface area contributed by atoms with Gasteiger partial charge in [0.15, 0.2) is 5.43 Å². The Hall–Kier alpha value is -2.80. The van der Waals surface area contributed by atoms with Crippen LogP contribution in [0.5, 0.6) is 5.75 Å². The third-order valence-electron chi connectivity index (χ3n) is 3.72. The number of carbonyl (C=O) groups is 1. The second kappa shape index (κ2) is 8.05. The summed E-state index contributed by atoms with van der Waals surface area (Å²) in [6.45, 7) is 0. The molecule has 0 fully saturated rings. The molecule has 0 aliphatic carbocycles. The van der Waals surface area contributed by atoms with Gasteiger partial charge in [0, 0.05) is 28.4 Å². The van der Waals surface area contributed by atoms with Crippen molar-refractivity contribution in [2.45, 2.75) is 5.75 Å². The maximum Gasteiger partial charge on any atom is 0.234 e. The summed E-state index contributed by atoms with van der Waals surface area (Å²) >= 11 is 1.37. The highest BCUT2D eigenvalue weighted by atomic mass is 32.2. The minimum absolute atomic E-state index is 0.162. The number of para-hydroxylation sites is 2. The predicted molar refractivity (Wildman–Crippen MR) is 102 cm³/mol. The zero-order valence-electron chi connectivity index (χ0n) is 14.0. The molecule has 0 aliphatic rings. The molecule has 5 nitrogen and oxygen atoms in total. The molecular formula is C19H17FN2O3S. The van der Waals surface area contributed by atoms with E-state index in [1.54, 1.807) is 19.2 Å². The van der Waals surface area contributed by atoms with Gasteiger partial charge in [0.2, 0.25) is 5.91 Å². The maximum absolute atomic E-state index is 13.2. The maximum atomic E-state index is 13.2. The van der Waals surface area contributed by atoms with Crippen LogP contribution in [0, 0.1) is 5.82 Å². The van der Waals surface area contributed by atoms with Crippen LogP contribution in [-0.4, -0.2) is 23.8 Å². The molecule has 0 unspecified atom stereocenters. The number of H-pyrrole nitrogens is 1. The third kappa shape index (κ3) is 4.23. The lowest BCUT2D eigenvalue weighted by Gasteiger charge is -2.09. The van der Waals surface area contributed by atoms with Crippen molar-refractivity contribution < 1.29 is 13.9 Å². The van der Waals surface area contributed by atoms with Crippen molar-refractivity contribution in [3.63, 3.8) is 0 Å². The fourth-order valence-corrected chi connectivity index (χ4v) is 3.28. The molecule has 3 aromatic rings. The van der Waals surface area contributed by atoms with Crippen LogP contribution in [0.15, 0.2) is 53.3 Å². The molecule has 1 amide bonds. The highest BCUT2D eigenvalue weighted by molar-refractivity contribution is 7.99. The van der Waals surface area contributed by atoms with Crippen LogP contribution >= 0.6 is 11.8 Å². The average molecular weight is 372 g/mol. The SMILES string of the molecule is COc1ccccc1NC(=O)CSCc1cc(=O)c2cc(F)ccc2[nH]1. The molecular weight excluding hydrogens is 355 g/mol. The molecule has 0 aliphatic heterocycles. The lowest BCUT2D eigenvalue weighted by molar-refractivity contribution is -0.113. The molecule has 134 valence electrons. The molecule has 0 spiro atoms. The van der Waals surface area contributed by atoms with E-state index in [9.17, 15) is 14.0 Å². The van der Waals surface area contributed by atoms with Gasteiger partial charge in [-0.3, -0.25) is 9.59 Å². The molecule has 7 heteroatoms. The van der Waals surface area contributed by atoms with Crippen molar-refractivity contribution in [3.8, 4) is 5.75 Å². The molecule has 2 N–H and O–H groups in total. The van der Waals surface area contributed by atoms with Gasteiger partial charge in [-0.05, 0) is 30.3 Å². The number of nitrogens with one attached hydrogen (secondary N) is 2. The lowest BCUT2D eigenvalue weighted by Crippen LogP contribution is -2.15. The summed E-state index contributed by atoms with van der Waals surface area (Å²) in [5.41, 5.74) is 1.63. The molecule has 3 rings (SSSR count). The minimum Gasteiger partial charge on any atom is -0.495 e. The van der Waals surface area contributed by atoms with Gasteiger partial charge >= 0.3 is 0 Å². The number of hydrogen-bond acceptors (Lipinski definition) is 4. The first kappa shape index (κ1) is 18.0. The normalized spacial score (nSPS) is 10.7. The topological polar surface area (TPSA) is 71.2 Å². The van der Waals surface area contributed by atoms with Crippen molar-refractivity contribution in [2.75, 3.05) is 18.2 Å². The number of fused-ring (bicyclic) bond motifs is 1. The number of hydrogen-bond donors (Lipinski definition) is 2. The van der Waals surface area contributed by atoms with Crippen LogP contribution in [-0.2, 0) is 10.5 Å². The summed E-state index contributed by atoms with van der Waals surface area (Å²) in [4.78, 5) is 27.3. The highest BCUT2D eigenvalue weighted by Gasteiger charge is 2.08. The zero-order valence-corrected chi connectivity index (χ0v) is 14.9. The molecule has 0 saturated heterocycles. The van der Waals surface area contributed by atoms with E-state index in [2.05, 4.69) is 10.3 Å². The number of pyridine rings is 1. The molecule has 0 bridgehead atoms. The number of aromatic nitrogens is 1. The standard InChI is InChI=1S/C19H17FN2O3S/c1-25-18-5-3-2-4-16(18)22-19(24)11-26-10-13-9-17(23)14-8-12(20)6-7-15(14)21-13/h2-9H,10-11H2,1H3,(H,21,23)(H,22,24). The molecule has 0 atom stereocenters. The van der Waals surface area contributed by atoms with E-state index in [0.717, 1.165) is 0 Å². The van der Waals surface area contributed by atoms with Crippen LogP contribution in [0.3, 0.4) is 0 Å². The number of aromatic amines is 1. The van der Waals surface area contributed by atoms with Crippen LogP contribution in [0.25, 0.3) is 10.9 Å². The van der Waals surface area contributed by atoms with Crippen molar-refractivity contribution in [3.05, 3.63) is 70.3 Å². The van der Waals surface area contributed by atoms with Crippen LogP contribution in [0.4, 0.5) is 10.1 Å². The third-order valence-corrected chi connectivity index (χ3v) is 4.70. The van der Waals surface area contributed by atoms with Gasteiger partial charge in [0.05, 0.1) is 18.6 Å². The Labute approximate surface area is 153 Å². The van der Waals surface area contributed by atoms with Crippen LogP contribution < -0.4 is 15.5 Å². The van der Waals surface area contributed by atoms with E-state index in [1.807, 2.05) is 12.1 Å². The van der Waals surface area contributed by atoms with Gasteiger partial charge in [-0.15, -0.1) is 11.8 Å². The van der Waals surface area contributed by atoms with Gasteiger partial charge in [0.1, 0.15) is 11.6 Å². The first-order valence-corrected chi connectivity index (χ1v) is 9.04. The Morgan fingerprint density at radius 2 is 2.04 bits per heavy atom. The summed E-state index contributed by atoms with van der Waals surface area (Å²) in [7, 11) is 1.54. The smallest absolute Gasteiger partial charge is 0.234 e. The number of methoxy groups -OCH3 is 1. The fourth-order valence-electron chi connectivity index (χ4n) is 2.54. The average Bonchev–Trinajstić information content (AvgIpc) is 2.63. The van der Waals surface area contributed by atoms with Gasteiger partial charge in [0.25, 0.3) is 0 Å². The Kier molecular flexibility index (Phi) is 5.58. The number of benzene rings is 2. The molecule has 2 aromatic carbocycles. The zero-order chi connectivity index (χ0) is 18.5. The van der Waals surface area contributed by atoms with E-state index < -0.39 is 5.82 Å². The summed E-state index contributed by atoms with van der Waals surface area (Å²) in [5.74, 6) is 0.670. The summed E-state index contributed by atoms with van der Waals surface area (Å²) in [6.07, 6.45) is 0. The predicted octanol–water partition coefficient (Wildman–Crippen LogP) is 3.55. The number of halogens is 1. The molecule has 0 saturated carbocycles. The lowest BCUT2D eigenvalue weighted by atomic mass is 10.2. The second-order valence-electron chi connectivity index (χ2n) is 5.59. The van der Waals surface area contributed by atoms with E-state index >= 15 is 0 Å². The van der Waals surface area contributed by atoms with Gasteiger partial charge in [-0.25, -0.2) is 4.39 Å². The van der Waals surface area contributed by atoms with Crippen molar-refractivity contribution in [1.82, 2.24) is 4.98 Å². The Morgan fingerprint density at radius 1 is 1.23 bits per heavy atom. The van der Waals surface area contributed by atoms with E-state index in [0.29, 0.717) is 33.8 Å². The van der Waals surface area contributed by atoms with Crippen molar-refractivity contribution in [2.24, 2.45) is 0 Å². The van der Waals surface area contributed by atoms with Gasteiger partial charge in [-0.2, -0.15) is 0 Å². The number of amides is 1. The highest BCUT2D eigenvalue weighted by Crippen LogP contribution is 2.23. The number of carbonyl (C=O) groups excluding carboxylic acids is 1. The Bertz CT molecular complexity index is 1000. The number of anilines is 1.